The molecule has 2 rings (SSSR count). The normalized spacial score (nSPS) is 11.9. The standard InChI is InChI=1S/C12H13NO2S.ClH/c1-2-15-12(13)10(14)9-5-3-4-8-6-7-16-11(8)9;/h3-7,10,13-14H,2H2,1H3;1H. The molecule has 2 aromatic rings. The summed E-state index contributed by atoms with van der Waals surface area (Å²) in [5.74, 6) is -0.0941. The van der Waals surface area contributed by atoms with Gasteiger partial charge in [-0.15, -0.1) is 23.7 Å². The number of ether oxygens (including phenoxy) is 1. The first kappa shape index (κ1) is 14.0. The predicted octanol–water partition coefficient (Wildman–Crippen LogP) is 3.37. The molecule has 0 saturated carbocycles. The summed E-state index contributed by atoms with van der Waals surface area (Å²) in [7, 11) is 0. The number of hydrogen-bond acceptors (Lipinski definition) is 4. The van der Waals surface area contributed by atoms with Gasteiger partial charge in [0.1, 0.15) is 0 Å². The van der Waals surface area contributed by atoms with Gasteiger partial charge in [-0.3, -0.25) is 5.41 Å². The lowest BCUT2D eigenvalue weighted by Crippen LogP contribution is -2.14. The third-order valence-electron chi connectivity index (χ3n) is 2.35. The average molecular weight is 272 g/mol. The molecule has 1 unspecified atom stereocenters. The molecule has 0 saturated heterocycles. The van der Waals surface area contributed by atoms with Gasteiger partial charge in [0.05, 0.1) is 6.61 Å². The van der Waals surface area contributed by atoms with Crippen LogP contribution in [0.15, 0.2) is 29.6 Å². The Kier molecular flexibility index (Phi) is 4.93. The molecule has 17 heavy (non-hydrogen) atoms. The molecule has 0 aliphatic rings. The number of thiophene rings is 1. The third kappa shape index (κ3) is 2.77. The fourth-order valence-corrected chi connectivity index (χ4v) is 2.55. The molecule has 3 nitrogen and oxygen atoms in total. The van der Waals surface area contributed by atoms with E-state index in [0.717, 1.165) is 15.6 Å². The summed E-state index contributed by atoms with van der Waals surface area (Å²) < 4.78 is 6.03. The summed E-state index contributed by atoms with van der Waals surface area (Å²) in [4.78, 5) is 0. The monoisotopic (exact) mass is 271 g/mol. The summed E-state index contributed by atoms with van der Waals surface area (Å²) in [6.45, 7) is 2.20. The molecule has 92 valence electrons. The smallest absolute Gasteiger partial charge is 0.215 e. The van der Waals surface area contributed by atoms with E-state index >= 15 is 0 Å². The van der Waals surface area contributed by atoms with Gasteiger partial charge in [-0.05, 0) is 23.8 Å². The second-order valence-electron chi connectivity index (χ2n) is 3.39. The van der Waals surface area contributed by atoms with Gasteiger partial charge in [0.2, 0.25) is 5.90 Å². The lowest BCUT2D eigenvalue weighted by molar-refractivity contribution is 0.192. The number of halogens is 1. The fraction of sp³-hybridized carbons (Fsp3) is 0.250. The first-order valence-corrected chi connectivity index (χ1v) is 5.97. The van der Waals surface area contributed by atoms with Crippen LogP contribution in [0, 0.1) is 5.41 Å². The van der Waals surface area contributed by atoms with Gasteiger partial charge in [-0.2, -0.15) is 0 Å². The number of hydrogen-bond donors (Lipinski definition) is 2. The Bertz CT molecular complexity index is 512. The van der Waals surface area contributed by atoms with Crippen molar-refractivity contribution in [2.24, 2.45) is 0 Å². The summed E-state index contributed by atoms with van der Waals surface area (Å²) in [6.07, 6.45) is -0.970. The molecule has 1 heterocycles. The zero-order valence-electron chi connectivity index (χ0n) is 9.34. The van der Waals surface area contributed by atoms with Gasteiger partial charge in [-0.25, -0.2) is 0 Å². The van der Waals surface area contributed by atoms with Crippen molar-refractivity contribution in [3.8, 4) is 0 Å². The van der Waals surface area contributed by atoms with E-state index in [1.54, 1.807) is 18.3 Å². The Morgan fingerprint density at radius 3 is 2.94 bits per heavy atom. The number of benzene rings is 1. The Morgan fingerprint density at radius 1 is 1.47 bits per heavy atom. The minimum Gasteiger partial charge on any atom is -0.479 e. The Hall–Kier alpha value is -1.10. The van der Waals surface area contributed by atoms with Gasteiger partial charge in [-0.1, -0.05) is 18.2 Å². The van der Waals surface area contributed by atoms with E-state index in [-0.39, 0.29) is 18.3 Å². The first-order valence-electron chi connectivity index (χ1n) is 5.09. The van der Waals surface area contributed by atoms with Crippen LogP contribution in [0.3, 0.4) is 0 Å². The molecule has 0 aliphatic heterocycles. The minimum absolute atomic E-state index is 0. The molecule has 1 aromatic heterocycles. The van der Waals surface area contributed by atoms with Gasteiger partial charge in [0.15, 0.2) is 6.10 Å². The summed E-state index contributed by atoms with van der Waals surface area (Å²) >= 11 is 1.57. The van der Waals surface area contributed by atoms with Gasteiger partial charge in [0.25, 0.3) is 0 Å². The zero-order chi connectivity index (χ0) is 11.5. The van der Waals surface area contributed by atoms with Crippen molar-refractivity contribution in [3.63, 3.8) is 0 Å². The molecule has 0 aliphatic carbocycles. The Morgan fingerprint density at radius 2 is 2.24 bits per heavy atom. The maximum absolute atomic E-state index is 9.99. The highest BCUT2D eigenvalue weighted by Gasteiger charge is 2.17. The summed E-state index contributed by atoms with van der Waals surface area (Å²) in [5.41, 5.74) is 0.742. The maximum atomic E-state index is 9.99. The Balaban J connectivity index is 0.00000144. The van der Waals surface area contributed by atoms with E-state index in [9.17, 15) is 5.11 Å². The molecule has 0 bridgehead atoms. The number of aliphatic hydroxyl groups excluding tert-OH is 1. The van der Waals surface area contributed by atoms with Crippen LogP contribution in [0.4, 0.5) is 0 Å². The zero-order valence-corrected chi connectivity index (χ0v) is 11.0. The van der Waals surface area contributed by atoms with Crippen molar-refractivity contribution in [1.82, 2.24) is 0 Å². The number of rotatable bonds is 3. The van der Waals surface area contributed by atoms with E-state index < -0.39 is 6.10 Å². The predicted molar refractivity (Wildman–Crippen MR) is 73.4 cm³/mol. The van der Waals surface area contributed by atoms with Crippen LogP contribution in [0.5, 0.6) is 0 Å². The fourth-order valence-electron chi connectivity index (χ4n) is 1.61. The number of aliphatic hydroxyl groups is 1. The van der Waals surface area contributed by atoms with Gasteiger partial charge in [0, 0.05) is 10.3 Å². The number of nitrogens with one attached hydrogen (secondary N) is 1. The molecular weight excluding hydrogens is 258 g/mol. The largest absolute Gasteiger partial charge is 0.479 e. The van der Waals surface area contributed by atoms with E-state index in [1.807, 2.05) is 29.6 Å². The van der Waals surface area contributed by atoms with E-state index in [1.165, 1.54) is 0 Å². The van der Waals surface area contributed by atoms with Crippen molar-refractivity contribution < 1.29 is 9.84 Å². The van der Waals surface area contributed by atoms with Crippen molar-refractivity contribution >= 4 is 39.7 Å². The van der Waals surface area contributed by atoms with Crippen LogP contribution in [0.2, 0.25) is 0 Å². The van der Waals surface area contributed by atoms with E-state index in [2.05, 4.69) is 0 Å². The lowest BCUT2D eigenvalue weighted by Gasteiger charge is -2.13. The molecule has 1 atom stereocenters. The van der Waals surface area contributed by atoms with Crippen molar-refractivity contribution in [2.75, 3.05) is 6.61 Å². The topological polar surface area (TPSA) is 53.3 Å². The maximum Gasteiger partial charge on any atom is 0.215 e. The van der Waals surface area contributed by atoms with E-state index in [4.69, 9.17) is 10.1 Å². The molecule has 5 heteroatoms. The molecular formula is C12H14ClNO2S. The molecule has 0 fully saturated rings. The third-order valence-corrected chi connectivity index (χ3v) is 3.33. The molecule has 0 amide bonds. The van der Waals surface area contributed by atoms with Crippen molar-refractivity contribution in [2.45, 2.75) is 13.0 Å². The van der Waals surface area contributed by atoms with Crippen LogP contribution < -0.4 is 0 Å². The molecule has 1 aromatic carbocycles. The average Bonchev–Trinajstić information content (AvgIpc) is 2.76. The van der Waals surface area contributed by atoms with Gasteiger partial charge >= 0.3 is 0 Å². The van der Waals surface area contributed by atoms with Crippen LogP contribution >= 0.6 is 23.7 Å². The molecule has 2 N–H and O–H groups in total. The second-order valence-corrected chi connectivity index (χ2v) is 4.30. The Labute approximate surface area is 110 Å². The molecule has 0 radical (unpaired) electrons. The second kappa shape index (κ2) is 6.00. The van der Waals surface area contributed by atoms with Crippen molar-refractivity contribution in [3.05, 3.63) is 35.2 Å². The quantitative estimate of drug-likeness (QED) is 0.664. The van der Waals surface area contributed by atoms with Crippen LogP contribution in [0.1, 0.15) is 18.6 Å². The van der Waals surface area contributed by atoms with Crippen LogP contribution in [0.25, 0.3) is 10.1 Å². The van der Waals surface area contributed by atoms with Gasteiger partial charge < -0.3 is 9.84 Å². The number of fused-ring (bicyclic) bond motifs is 1. The minimum atomic E-state index is -0.970. The summed E-state index contributed by atoms with van der Waals surface area (Å²) in [6, 6.07) is 7.71. The van der Waals surface area contributed by atoms with Crippen molar-refractivity contribution in [1.29, 1.82) is 5.41 Å². The highest BCUT2D eigenvalue weighted by Crippen LogP contribution is 2.29. The first-order chi connectivity index (χ1) is 7.74. The highest BCUT2D eigenvalue weighted by atomic mass is 35.5. The molecule has 0 spiro atoms. The lowest BCUT2D eigenvalue weighted by atomic mass is 10.1. The van der Waals surface area contributed by atoms with Crippen LogP contribution in [-0.4, -0.2) is 17.6 Å². The van der Waals surface area contributed by atoms with Crippen LogP contribution in [-0.2, 0) is 4.74 Å². The van der Waals surface area contributed by atoms with E-state index in [0.29, 0.717) is 6.61 Å². The summed E-state index contributed by atoms with van der Waals surface area (Å²) in [5, 5.41) is 20.7. The SMILES string of the molecule is CCOC(=N)C(O)c1cccc2ccsc12.Cl. The highest BCUT2D eigenvalue weighted by molar-refractivity contribution is 7.17.